The van der Waals surface area contributed by atoms with E-state index in [4.69, 9.17) is 28.4 Å². The molecule has 3 aliphatic heterocycles. The van der Waals surface area contributed by atoms with Crippen molar-refractivity contribution in [1.29, 1.82) is 0 Å². The maximum Gasteiger partial charge on any atom is 0.311 e. The van der Waals surface area contributed by atoms with E-state index in [1.54, 1.807) is 14.0 Å². The molecule has 0 saturated carbocycles. The summed E-state index contributed by atoms with van der Waals surface area (Å²) < 4.78 is 39.2. The number of nitrogens with zero attached hydrogens (tertiary/aromatic N) is 1. The molecular weight excluding hydrogens is 759 g/mol. The van der Waals surface area contributed by atoms with E-state index in [0.717, 1.165) is 0 Å². The lowest BCUT2D eigenvalue weighted by Crippen LogP contribution is -2.70. The van der Waals surface area contributed by atoms with Crippen LogP contribution in [0.2, 0.25) is 0 Å². The third kappa shape index (κ3) is 12.0. The third-order valence-corrected chi connectivity index (χ3v) is 14.5. The fourth-order valence-corrected chi connectivity index (χ4v) is 9.70. The normalized spacial score (nSPS) is 45.3. The number of aliphatic hydroxyl groups excluding tert-OH is 2. The first kappa shape index (κ1) is 52.3. The Morgan fingerprint density at radius 2 is 1.59 bits per heavy atom. The van der Waals surface area contributed by atoms with Gasteiger partial charge in [-0.15, -0.1) is 0 Å². The Hall–Kier alpha value is -1.01. The zero-order valence-corrected chi connectivity index (χ0v) is 40.0. The highest BCUT2D eigenvalue weighted by Crippen LogP contribution is 2.44. The summed E-state index contributed by atoms with van der Waals surface area (Å²) in [7, 11) is 5.44. The number of hydrogen-bond acceptors (Lipinski definition) is 14. The summed E-state index contributed by atoms with van der Waals surface area (Å²) >= 11 is 0. The topological polar surface area (TPSA) is 181 Å². The summed E-state index contributed by atoms with van der Waals surface area (Å²) in [6, 6.07) is -0.192. The molecule has 6 N–H and O–H groups in total. The Bertz CT molecular complexity index is 1330. The Morgan fingerprint density at radius 1 is 0.983 bits per heavy atom. The summed E-state index contributed by atoms with van der Waals surface area (Å²) in [6.07, 6.45) is -5.92. The van der Waals surface area contributed by atoms with Gasteiger partial charge in [-0.05, 0) is 98.6 Å². The first-order valence-corrected chi connectivity index (χ1v) is 22.3. The lowest BCUT2D eigenvalue weighted by molar-refractivity contribution is -0.334. The lowest BCUT2D eigenvalue weighted by Gasteiger charge is -2.54. The average molecular weight is 846 g/mol. The number of rotatable bonds is 10. The minimum absolute atomic E-state index is 0.0545. The molecule has 0 aliphatic carbocycles. The number of cyclic esters (lactones) is 1. The van der Waals surface area contributed by atoms with Gasteiger partial charge in [0.25, 0.3) is 0 Å². The highest BCUT2D eigenvalue weighted by Gasteiger charge is 2.58. The van der Waals surface area contributed by atoms with Crippen LogP contribution in [0.25, 0.3) is 0 Å². The van der Waals surface area contributed by atoms with E-state index in [2.05, 4.69) is 59.1 Å². The number of hydrogen-bond donors (Lipinski definition) is 6. The summed E-state index contributed by atoms with van der Waals surface area (Å²) in [6.45, 7) is 30.0. The predicted octanol–water partition coefficient (Wildman–Crippen LogP) is 4.23. The fourth-order valence-electron chi connectivity index (χ4n) is 9.70. The van der Waals surface area contributed by atoms with Crippen LogP contribution in [0, 0.1) is 28.6 Å². The smallest absolute Gasteiger partial charge is 0.311 e. The van der Waals surface area contributed by atoms with Gasteiger partial charge in [-0.25, -0.2) is 0 Å². The molecule has 3 fully saturated rings. The average Bonchev–Trinajstić information content (AvgIpc) is 3.14. The van der Waals surface area contributed by atoms with Gasteiger partial charge in [0.1, 0.15) is 29.0 Å². The fraction of sp³-hybridized carbons (Fsp3) is 0.978. The van der Waals surface area contributed by atoms with Crippen LogP contribution in [0.5, 0.6) is 0 Å². The largest absolute Gasteiger partial charge is 0.459 e. The van der Waals surface area contributed by atoms with Crippen molar-refractivity contribution in [2.75, 3.05) is 34.3 Å². The van der Waals surface area contributed by atoms with Crippen LogP contribution in [0.15, 0.2) is 0 Å². The van der Waals surface area contributed by atoms with Gasteiger partial charge in [0, 0.05) is 50.7 Å². The van der Waals surface area contributed by atoms with E-state index in [0.29, 0.717) is 19.4 Å². The zero-order valence-electron chi connectivity index (χ0n) is 40.0. The molecule has 3 rings (SSSR count). The van der Waals surface area contributed by atoms with Crippen LogP contribution in [-0.4, -0.2) is 156 Å². The van der Waals surface area contributed by atoms with Crippen molar-refractivity contribution in [1.82, 2.24) is 15.5 Å². The minimum Gasteiger partial charge on any atom is -0.459 e. The standard InChI is InChI=1S/C45H87N3O11/c1-19-33-44(15,52)37(50)25(2)23-46-26(3)21-42(12,13)38(59-40-35(49)32(48(16)17)20-27(4)55-40)28(5)36(29(6)39(51)57-33)58-34-22-43(14,54-18)45(53,31(8)56-34)24-47-30(7)41(9,10)11/h25-38,40,46-47,49-50,52-53H,19-24H2,1-18H3/t25-,26+,27+,28-,29+,30?,31-,32-,33+,34+,35+,36+,37+,38+,40-,43-,44+,45+/m0/s1. The molecule has 14 nitrogen and oxygen atoms in total. The van der Waals surface area contributed by atoms with Crippen LogP contribution >= 0.6 is 0 Å². The number of nitrogens with one attached hydrogen (secondary N) is 2. The van der Waals surface area contributed by atoms with Crippen molar-refractivity contribution in [3.05, 3.63) is 0 Å². The number of aliphatic hydroxyl groups is 4. The molecule has 1 unspecified atom stereocenters. The number of methoxy groups -OCH3 is 1. The van der Waals surface area contributed by atoms with Crippen molar-refractivity contribution in [3.63, 3.8) is 0 Å². The monoisotopic (exact) mass is 846 g/mol. The maximum absolute atomic E-state index is 14.5. The molecule has 18 atom stereocenters. The van der Waals surface area contributed by atoms with E-state index < -0.39 is 89.2 Å². The van der Waals surface area contributed by atoms with Crippen LogP contribution in [-0.2, 0) is 33.2 Å². The molecule has 0 bridgehead atoms. The molecule has 0 amide bonds. The Morgan fingerprint density at radius 3 is 2.14 bits per heavy atom. The second-order valence-corrected chi connectivity index (χ2v) is 21.1. The molecule has 0 aromatic carbocycles. The molecule has 348 valence electrons. The number of likely N-dealkylation sites (N-methyl/N-ethyl adjacent to an activating group) is 1. The van der Waals surface area contributed by atoms with Crippen molar-refractivity contribution in [2.45, 2.75) is 220 Å². The molecule has 3 aliphatic rings. The quantitative estimate of drug-likeness (QED) is 0.172. The van der Waals surface area contributed by atoms with E-state index >= 15 is 0 Å². The summed E-state index contributed by atoms with van der Waals surface area (Å²) in [5.74, 6) is -2.46. The summed E-state index contributed by atoms with van der Waals surface area (Å²) in [4.78, 5) is 16.5. The van der Waals surface area contributed by atoms with Gasteiger partial charge >= 0.3 is 5.97 Å². The Balaban J connectivity index is 2.16. The first-order valence-electron chi connectivity index (χ1n) is 22.3. The van der Waals surface area contributed by atoms with Crippen LogP contribution in [0.3, 0.4) is 0 Å². The highest BCUT2D eigenvalue weighted by atomic mass is 16.7. The molecule has 3 saturated heterocycles. The zero-order chi connectivity index (χ0) is 45.2. The summed E-state index contributed by atoms with van der Waals surface area (Å²) in [5.41, 5.74) is -4.98. The van der Waals surface area contributed by atoms with E-state index in [1.807, 2.05) is 60.5 Å². The van der Waals surface area contributed by atoms with Crippen LogP contribution in [0.1, 0.15) is 130 Å². The Kier molecular flexibility index (Phi) is 17.9. The van der Waals surface area contributed by atoms with Crippen molar-refractivity contribution in [2.24, 2.45) is 28.6 Å². The SMILES string of the molecule is CC[C@H]1OC(=O)[C@H](C)[C@H](O[C@@H]2C[C@](C)(OC)[C@@](O)(CNC(C)C(C)(C)C)[C@H](C)O2)[C@H](C)[C@@H](O[C@@H]2O[C@H](C)C[C@H](N(C)C)[C@H]2O)C(C)(C)C[C@@H](C)NC[C@H](C)[C@@H](O)[C@]1(C)O. The highest BCUT2D eigenvalue weighted by molar-refractivity contribution is 5.73. The number of esters is 1. The van der Waals surface area contributed by atoms with Gasteiger partial charge < -0.3 is 64.4 Å². The second-order valence-electron chi connectivity index (χ2n) is 21.1. The maximum atomic E-state index is 14.5. The number of carbonyl (C=O) groups is 1. The number of ether oxygens (including phenoxy) is 6. The van der Waals surface area contributed by atoms with Gasteiger partial charge in [0.15, 0.2) is 12.6 Å². The first-order chi connectivity index (χ1) is 27.0. The molecule has 59 heavy (non-hydrogen) atoms. The van der Waals surface area contributed by atoms with E-state index in [-0.39, 0.29) is 54.9 Å². The molecule has 3 heterocycles. The van der Waals surface area contributed by atoms with Crippen LogP contribution in [0.4, 0.5) is 0 Å². The second kappa shape index (κ2) is 20.2. The molecule has 0 radical (unpaired) electrons. The predicted molar refractivity (Wildman–Crippen MR) is 229 cm³/mol. The molecular formula is C45H87N3O11. The molecule has 14 heteroatoms. The molecule has 0 spiro atoms. The summed E-state index contributed by atoms with van der Waals surface area (Å²) in [5, 5.41) is 54.4. The van der Waals surface area contributed by atoms with Gasteiger partial charge in [-0.2, -0.15) is 0 Å². The minimum atomic E-state index is -1.75. The van der Waals surface area contributed by atoms with Gasteiger partial charge in [-0.1, -0.05) is 55.4 Å². The third-order valence-electron chi connectivity index (χ3n) is 14.5. The van der Waals surface area contributed by atoms with E-state index in [1.165, 1.54) is 6.92 Å². The molecule has 0 aromatic heterocycles. The van der Waals surface area contributed by atoms with Crippen LogP contribution < -0.4 is 10.6 Å². The molecule has 0 aromatic rings. The van der Waals surface area contributed by atoms with Crippen molar-refractivity contribution < 1.29 is 53.6 Å². The van der Waals surface area contributed by atoms with Crippen molar-refractivity contribution >= 4 is 5.97 Å². The van der Waals surface area contributed by atoms with Gasteiger partial charge in [0.2, 0.25) is 0 Å². The Labute approximate surface area is 357 Å². The van der Waals surface area contributed by atoms with Gasteiger partial charge in [0.05, 0.1) is 36.4 Å². The van der Waals surface area contributed by atoms with E-state index in [9.17, 15) is 25.2 Å². The lowest BCUT2D eigenvalue weighted by atomic mass is 9.72. The van der Waals surface area contributed by atoms with Crippen molar-refractivity contribution in [3.8, 4) is 0 Å². The number of carbonyl (C=O) groups excluding carboxylic acids is 1. The van der Waals surface area contributed by atoms with Gasteiger partial charge in [-0.3, -0.25) is 4.79 Å².